The zero-order chi connectivity index (χ0) is 51.0. The van der Waals surface area contributed by atoms with E-state index in [2.05, 4.69) is 152 Å². The Morgan fingerprint density at radius 2 is 1.11 bits per heavy atom. The number of nitrogens with zero attached hydrogens (tertiary/aromatic N) is 4. The van der Waals surface area contributed by atoms with Gasteiger partial charge in [0.15, 0.2) is 0 Å². The number of carbonyl (C=O) groups excluding carboxylic acids is 4. The van der Waals surface area contributed by atoms with Gasteiger partial charge in [-0.1, -0.05) is 90.0 Å². The van der Waals surface area contributed by atoms with Crippen LogP contribution in [0.4, 0.5) is 10.1 Å². The van der Waals surface area contributed by atoms with Gasteiger partial charge in [0.25, 0.3) is 0 Å². The van der Waals surface area contributed by atoms with Crippen molar-refractivity contribution in [2.75, 3.05) is 65.8 Å². The van der Waals surface area contributed by atoms with Crippen molar-refractivity contribution in [1.29, 1.82) is 0 Å². The smallest absolute Gasteiger partial charge is 0.223 e. The molecule has 3 fully saturated rings. The highest BCUT2D eigenvalue weighted by atomic mass is 19.1. The number of piperazine rings is 1. The van der Waals surface area contributed by atoms with Gasteiger partial charge in [0.05, 0.1) is 0 Å². The van der Waals surface area contributed by atoms with Crippen LogP contribution in [0, 0.1) is 26.6 Å². The largest absolute Gasteiger partial charge is 0.368 e. The minimum absolute atomic E-state index is 0.00721. The van der Waals surface area contributed by atoms with E-state index in [1.165, 1.54) is 45.6 Å². The second-order valence-electron chi connectivity index (χ2n) is 21.1. The van der Waals surface area contributed by atoms with E-state index >= 15 is 0 Å². The van der Waals surface area contributed by atoms with Gasteiger partial charge in [-0.2, -0.15) is 0 Å². The topological polar surface area (TPSA) is 117 Å². The summed E-state index contributed by atoms with van der Waals surface area (Å²) >= 11 is 0. The SMILES string of the molecule is Cc1ccc(CC2(N(C)C)CCC(NC(=O)CCC(=O)N3CCN(c4ccccc4C)CC3)CC2)cc1.Cc1cccc(CC2(N(C)C)CCC(NC(=O)CCC(=O)NCCc3cccc(F)c3)CC2)c1. The predicted molar refractivity (Wildman–Crippen MR) is 285 cm³/mol. The Hall–Kier alpha value is -5.59. The van der Waals surface area contributed by atoms with Crippen molar-refractivity contribution in [2.45, 2.75) is 140 Å². The van der Waals surface area contributed by atoms with E-state index in [-0.39, 0.29) is 78.3 Å². The van der Waals surface area contributed by atoms with E-state index in [0.717, 1.165) is 82.9 Å². The number of para-hydroxylation sites is 1. The highest BCUT2D eigenvalue weighted by Crippen LogP contribution is 2.37. The summed E-state index contributed by atoms with van der Waals surface area (Å²) in [6.45, 7) is 9.91. The van der Waals surface area contributed by atoms with E-state index in [9.17, 15) is 23.6 Å². The molecule has 3 N–H and O–H groups in total. The highest BCUT2D eigenvalue weighted by molar-refractivity contribution is 5.84. The van der Waals surface area contributed by atoms with Gasteiger partial charge < -0.3 is 35.6 Å². The number of hydrogen-bond donors (Lipinski definition) is 3. The molecule has 0 atom stereocenters. The molecule has 12 heteroatoms. The highest BCUT2D eigenvalue weighted by Gasteiger charge is 2.39. The van der Waals surface area contributed by atoms with Gasteiger partial charge in [-0.15, -0.1) is 0 Å². The van der Waals surface area contributed by atoms with E-state index in [1.807, 2.05) is 11.0 Å². The van der Waals surface area contributed by atoms with Crippen molar-refractivity contribution in [3.05, 3.63) is 136 Å². The second kappa shape index (κ2) is 26.2. The first-order chi connectivity index (χ1) is 34.0. The van der Waals surface area contributed by atoms with Crippen molar-refractivity contribution in [3.63, 3.8) is 0 Å². The molecule has 4 aromatic rings. The summed E-state index contributed by atoms with van der Waals surface area (Å²) in [5, 5.41) is 9.17. The van der Waals surface area contributed by atoms with Crippen LogP contribution in [0.5, 0.6) is 0 Å². The van der Waals surface area contributed by atoms with E-state index < -0.39 is 0 Å². The molecule has 0 aromatic heterocycles. The number of aryl methyl sites for hydroxylation is 3. The van der Waals surface area contributed by atoms with Gasteiger partial charge in [0.2, 0.25) is 23.6 Å². The summed E-state index contributed by atoms with van der Waals surface area (Å²) < 4.78 is 13.2. The fraction of sp³-hybridized carbons (Fsp3) is 0.525. The lowest BCUT2D eigenvalue weighted by Gasteiger charge is -2.45. The number of amides is 4. The van der Waals surface area contributed by atoms with Crippen molar-refractivity contribution in [1.82, 2.24) is 30.7 Å². The molecule has 1 aliphatic heterocycles. The Kier molecular flexibility index (Phi) is 20.2. The number of nitrogens with one attached hydrogen (secondary N) is 3. The van der Waals surface area contributed by atoms with E-state index in [1.54, 1.807) is 6.07 Å². The summed E-state index contributed by atoms with van der Waals surface area (Å²) in [4.78, 5) is 59.0. The van der Waals surface area contributed by atoms with Crippen LogP contribution >= 0.6 is 0 Å². The van der Waals surface area contributed by atoms with Gasteiger partial charge in [-0.05, 0) is 160 Å². The Balaban J connectivity index is 0.000000233. The normalized spacial score (nSPS) is 21.3. The van der Waals surface area contributed by atoms with Crippen molar-refractivity contribution < 1.29 is 23.6 Å². The van der Waals surface area contributed by atoms with Crippen molar-refractivity contribution in [3.8, 4) is 0 Å². The minimum atomic E-state index is -0.277. The third-order valence-corrected chi connectivity index (χ3v) is 15.6. The van der Waals surface area contributed by atoms with E-state index in [0.29, 0.717) is 26.1 Å². The number of anilines is 1. The van der Waals surface area contributed by atoms with Gasteiger partial charge in [-0.25, -0.2) is 4.39 Å². The van der Waals surface area contributed by atoms with Crippen LogP contribution in [0.3, 0.4) is 0 Å². The summed E-state index contributed by atoms with van der Waals surface area (Å²) in [6, 6.07) is 32.7. The Morgan fingerprint density at radius 1 is 0.577 bits per heavy atom. The summed E-state index contributed by atoms with van der Waals surface area (Å²) in [5.41, 5.74) is 8.90. The molecule has 0 spiro atoms. The quantitative estimate of drug-likeness (QED) is 0.0916. The van der Waals surface area contributed by atoms with Gasteiger partial charge in [-0.3, -0.25) is 19.2 Å². The fourth-order valence-corrected chi connectivity index (χ4v) is 10.9. The van der Waals surface area contributed by atoms with Crippen LogP contribution in [0.15, 0.2) is 97.1 Å². The van der Waals surface area contributed by atoms with E-state index in [4.69, 9.17) is 0 Å². The Morgan fingerprint density at radius 3 is 1.68 bits per heavy atom. The first-order valence-electron chi connectivity index (χ1n) is 26.2. The molecular weight excluding hydrogens is 890 g/mol. The molecule has 4 amide bonds. The molecule has 1 saturated heterocycles. The lowest BCUT2D eigenvalue weighted by Crippen LogP contribution is -2.52. The lowest BCUT2D eigenvalue weighted by atomic mass is 9.74. The van der Waals surface area contributed by atoms with Crippen LogP contribution in [0.2, 0.25) is 0 Å². The molecule has 11 nitrogen and oxygen atoms in total. The van der Waals surface area contributed by atoms with Gasteiger partial charge in [0.1, 0.15) is 5.82 Å². The molecule has 2 aliphatic carbocycles. The molecule has 1 heterocycles. The molecule has 384 valence electrons. The summed E-state index contributed by atoms with van der Waals surface area (Å²) in [7, 11) is 8.67. The standard InChI is InChI=1S/C31H44N4O2.C28H38FN3O2/c1-24-9-11-26(12-10-24)23-31(33(3)4)17-15-27(16-18-31)32-29(36)13-14-30(37)35-21-19-34(20-22-35)28-8-6-5-7-25(28)2;1-21-6-4-8-23(18-21)20-28(32(2)3)15-12-25(13-16-28)31-27(34)11-10-26(33)30-17-14-22-7-5-9-24(29)19-22/h5-12,27H,13-23H2,1-4H3,(H,32,36);4-9,18-19,25H,10-17,20H2,1-3H3,(H,30,33)(H,31,34). The Labute approximate surface area is 424 Å². The molecule has 7 rings (SSSR count). The molecule has 71 heavy (non-hydrogen) atoms. The van der Waals surface area contributed by atoms with Crippen LogP contribution < -0.4 is 20.9 Å². The van der Waals surface area contributed by atoms with Crippen molar-refractivity contribution in [2.24, 2.45) is 0 Å². The number of halogens is 1. The fourth-order valence-electron chi connectivity index (χ4n) is 10.9. The Bertz CT molecular complexity index is 2350. The van der Waals surface area contributed by atoms with Crippen molar-refractivity contribution >= 4 is 29.3 Å². The monoisotopic (exact) mass is 972 g/mol. The predicted octanol–water partition coefficient (Wildman–Crippen LogP) is 8.51. The summed E-state index contributed by atoms with van der Waals surface area (Å²) in [5.74, 6) is -0.400. The van der Waals surface area contributed by atoms with Gasteiger partial charge in [0, 0.05) is 87.3 Å². The number of likely N-dealkylation sites (N-methyl/N-ethyl adjacent to an activating group) is 2. The van der Waals surface area contributed by atoms with Crippen LogP contribution in [-0.4, -0.2) is 122 Å². The molecule has 0 unspecified atom stereocenters. The average Bonchev–Trinajstić information content (AvgIpc) is 3.35. The van der Waals surface area contributed by atoms with Crippen LogP contribution in [0.25, 0.3) is 0 Å². The first-order valence-corrected chi connectivity index (χ1v) is 26.2. The number of rotatable bonds is 18. The second-order valence-corrected chi connectivity index (χ2v) is 21.1. The molecule has 3 aliphatic rings. The molecule has 4 aromatic carbocycles. The number of hydrogen-bond acceptors (Lipinski definition) is 7. The molecule has 0 radical (unpaired) electrons. The zero-order valence-electron chi connectivity index (χ0n) is 43.8. The maximum absolute atomic E-state index is 13.2. The zero-order valence-corrected chi connectivity index (χ0v) is 43.8. The minimum Gasteiger partial charge on any atom is -0.368 e. The summed E-state index contributed by atoms with van der Waals surface area (Å²) in [6.07, 6.45) is 11.5. The molecule has 2 saturated carbocycles. The first kappa shape index (κ1) is 54.7. The maximum atomic E-state index is 13.2. The lowest BCUT2D eigenvalue weighted by molar-refractivity contribution is -0.134. The van der Waals surface area contributed by atoms with Crippen LogP contribution in [0.1, 0.15) is 110 Å². The average molecular weight is 972 g/mol. The molecule has 0 bridgehead atoms. The third-order valence-electron chi connectivity index (χ3n) is 15.6. The number of carbonyl (C=O) groups is 4. The molecular formula is C59H82FN7O4. The van der Waals surface area contributed by atoms with Gasteiger partial charge >= 0.3 is 0 Å². The third kappa shape index (κ3) is 16.5. The number of benzene rings is 4. The van der Waals surface area contributed by atoms with Crippen LogP contribution in [-0.2, 0) is 38.4 Å². The maximum Gasteiger partial charge on any atom is 0.223 e.